The van der Waals surface area contributed by atoms with E-state index in [0.29, 0.717) is 16.9 Å². The number of anilines is 2. The van der Waals surface area contributed by atoms with E-state index in [1.54, 1.807) is 24.4 Å². The highest BCUT2D eigenvalue weighted by molar-refractivity contribution is 5.68. The molecule has 0 fully saturated rings. The topological polar surface area (TPSA) is 118 Å². The van der Waals surface area contributed by atoms with Gasteiger partial charge in [-0.1, -0.05) is 5.21 Å². The second-order valence-electron chi connectivity index (χ2n) is 6.40. The molecule has 160 valence electrons. The second kappa shape index (κ2) is 9.15. The third kappa shape index (κ3) is 5.49. The molecule has 3 rings (SSSR count). The molecule has 0 amide bonds. The lowest BCUT2D eigenvalue weighted by molar-refractivity contribution is -0.141. The molecule has 0 saturated heterocycles. The molecule has 0 bridgehead atoms. The predicted molar refractivity (Wildman–Crippen MR) is 99.6 cm³/mol. The highest BCUT2D eigenvalue weighted by Gasteiger charge is 2.32. The molecule has 0 unspecified atom stereocenters. The Morgan fingerprint density at radius 1 is 1.27 bits per heavy atom. The Morgan fingerprint density at radius 3 is 2.77 bits per heavy atom. The van der Waals surface area contributed by atoms with E-state index in [2.05, 4.69) is 25.6 Å². The minimum atomic E-state index is -4.58. The Hall–Kier alpha value is -3.09. The number of nitrogens with one attached hydrogen (secondary N) is 1. The second-order valence-corrected chi connectivity index (χ2v) is 6.40. The van der Waals surface area contributed by atoms with Crippen molar-refractivity contribution >= 4 is 11.6 Å². The van der Waals surface area contributed by atoms with Crippen LogP contribution in [0.15, 0.2) is 36.7 Å². The van der Waals surface area contributed by atoms with Crippen molar-refractivity contribution in [3.8, 4) is 11.3 Å². The molecule has 30 heavy (non-hydrogen) atoms. The van der Waals surface area contributed by atoms with Gasteiger partial charge in [0, 0.05) is 24.6 Å². The monoisotopic (exact) mass is 424 g/mol. The van der Waals surface area contributed by atoms with Crippen LogP contribution in [0.2, 0.25) is 0 Å². The van der Waals surface area contributed by atoms with Crippen LogP contribution < -0.4 is 5.32 Å². The number of halogens is 3. The number of ether oxygens (including phenoxy) is 1. The molecule has 0 aliphatic carbocycles. The summed E-state index contributed by atoms with van der Waals surface area (Å²) in [6, 6.07) is 5.92. The van der Waals surface area contributed by atoms with Crippen LogP contribution in [0.3, 0.4) is 0 Å². The van der Waals surface area contributed by atoms with Gasteiger partial charge < -0.3 is 20.3 Å². The first-order valence-electron chi connectivity index (χ1n) is 8.78. The zero-order valence-corrected chi connectivity index (χ0v) is 15.8. The Labute approximate surface area is 169 Å². The van der Waals surface area contributed by atoms with Crippen molar-refractivity contribution in [1.29, 1.82) is 0 Å². The minimum absolute atomic E-state index is 0.0600. The summed E-state index contributed by atoms with van der Waals surface area (Å²) in [6.07, 6.45) is -2.96. The molecule has 1 atom stereocenters. The first kappa shape index (κ1) is 21.6. The number of alkyl halides is 3. The van der Waals surface area contributed by atoms with Crippen molar-refractivity contribution in [1.82, 2.24) is 25.0 Å². The van der Waals surface area contributed by atoms with Gasteiger partial charge in [-0.3, -0.25) is 0 Å². The average molecular weight is 424 g/mol. The number of aliphatic hydroxyl groups is 2. The number of aliphatic hydroxyl groups excluding tert-OH is 2. The Balaban J connectivity index is 1.90. The largest absolute Gasteiger partial charge is 0.433 e. The van der Waals surface area contributed by atoms with Gasteiger partial charge in [-0.2, -0.15) is 13.2 Å². The molecule has 12 heteroatoms. The number of benzene rings is 1. The fraction of sp³-hybridized carbons (Fsp3) is 0.333. The maximum atomic E-state index is 12.9. The van der Waals surface area contributed by atoms with E-state index in [4.69, 9.17) is 9.84 Å². The molecule has 9 nitrogen and oxygen atoms in total. The maximum absolute atomic E-state index is 12.9. The van der Waals surface area contributed by atoms with Crippen molar-refractivity contribution in [3.63, 3.8) is 0 Å². The standard InChI is InChI=1S/C18H19F3N6O3/c1-30-10-11-4-12(15-8-27(26-25-15)7-14(29)9-28)6-13(5-11)23-17-22-3-2-16(24-17)18(19,20)21/h2-6,8,14,28-29H,7,9-10H2,1H3,(H,22,23,24)/t14-/m0/s1. The summed E-state index contributed by atoms with van der Waals surface area (Å²) in [6.45, 7) is -0.0999. The van der Waals surface area contributed by atoms with Crippen molar-refractivity contribution in [2.75, 3.05) is 19.0 Å². The average Bonchev–Trinajstić information content (AvgIpc) is 3.16. The van der Waals surface area contributed by atoms with E-state index in [-0.39, 0.29) is 19.1 Å². The molecule has 0 aliphatic heterocycles. The molecule has 0 radical (unpaired) electrons. The lowest BCUT2D eigenvalue weighted by Crippen LogP contribution is -2.20. The van der Waals surface area contributed by atoms with E-state index in [1.807, 2.05) is 0 Å². The number of rotatable bonds is 8. The summed E-state index contributed by atoms with van der Waals surface area (Å²) in [4.78, 5) is 7.34. The number of hydrogen-bond acceptors (Lipinski definition) is 8. The van der Waals surface area contributed by atoms with Crippen LogP contribution in [-0.2, 0) is 24.1 Å². The van der Waals surface area contributed by atoms with E-state index in [0.717, 1.165) is 17.8 Å². The van der Waals surface area contributed by atoms with Gasteiger partial charge in [-0.05, 0) is 29.8 Å². The van der Waals surface area contributed by atoms with Crippen LogP contribution in [0.4, 0.5) is 24.8 Å². The number of nitrogens with zero attached hydrogens (tertiary/aromatic N) is 5. The van der Waals surface area contributed by atoms with E-state index >= 15 is 0 Å². The van der Waals surface area contributed by atoms with Crippen molar-refractivity contribution in [2.24, 2.45) is 0 Å². The molecule has 0 saturated carbocycles. The summed E-state index contributed by atoms with van der Waals surface area (Å²) in [7, 11) is 1.52. The smallest absolute Gasteiger partial charge is 0.394 e. The van der Waals surface area contributed by atoms with Gasteiger partial charge in [0.05, 0.1) is 32.1 Å². The van der Waals surface area contributed by atoms with Crippen LogP contribution in [0.1, 0.15) is 11.3 Å². The summed E-state index contributed by atoms with van der Waals surface area (Å²) in [5, 5.41) is 29.2. The summed E-state index contributed by atoms with van der Waals surface area (Å²) < 4.78 is 45.2. The molecule has 3 N–H and O–H groups in total. The van der Waals surface area contributed by atoms with Gasteiger partial charge in [-0.15, -0.1) is 5.10 Å². The fourth-order valence-electron chi connectivity index (χ4n) is 2.66. The SMILES string of the molecule is COCc1cc(Nc2nccc(C(F)(F)F)n2)cc(-c2cn(C[C@H](O)CO)nn2)c1. The number of methoxy groups -OCH3 is 1. The molecule has 0 aliphatic rings. The van der Waals surface area contributed by atoms with Gasteiger partial charge >= 0.3 is 6.18 Å². The van der Waals surface area contributed by atoms with E-state index in [1.165, 1.54) is 11.8 Å². The molecule has 2 aromatic heterocycles. The van der Waals surface area contributed by atoms with Crippen molar-refractivity contribution in [2.45, 2.75) is 25.4 Å². The van der Waals surface area contributed by atoms with Gasteiger partial charge in [0.15, 0.2) is 0 Å². The highest BCUT2D eigenvalue weighted by Crippen LogP contribution is 2.29. The summed E-state index contributed by atoms with van der Waals surface area (Å²) in [5.74, 6) is -0.208. The maximum Gasteiger partial charge on any atom is 0.433 e. The lowest BCUT2D eigenvalue weighted by Gasteiger charge is -2.11. The van der Waals surface area contributed by atoms with Crippen molar-refractivity contribution in [3.05, 3.63) is 47.9 Å². The number of aromatic nitrogens is 5. The Kier molecular flexibility index (Phi) is 6.59. The minimum Gasteiger partial charge on any atom is -0.394 e. The Bertz CT molecular complexity index is 995. The van der Waals surface area contributed by atoms with E-state index in [9.17, 15) is 18.3 Å². The normalized spacial score (nSPS) is 12.7. The molecular weight excluding hydrogens is 405 g/mol. The van der Waals surface area contributed by atoms with Gasteiger partial charge in [0.25, 0.3) is 0 Å². The van der Waals surface area contributed by atoms with Crippen LogP contribution >= 0.6 is 0 Å². The van der Waals surface area contributed by atoms with Crippen LogP contribution in [-0.4, -0.2) is 55.0 Å². The Morgan fingerprint density at radius 2 is 2.07 bits per heavy atom. The lowest BCUT2D eigenvalue weighted by atomic mass is 10.1. The van der Waals surface area contributed by atoms with Crippen molar-refractivity contribution < 1.29 is 28.1 Å². The van der Waals surface area contributed by atoms with Crippen LogP contribution in [0.25, 0.3) is 11.3 Å². The highest BCUT2D eigenvalue weighted by atomic mass is 19.4. The van der Waals surface area contributed by atoms with Gasteiger partial charge in [0.1, 0.15) is 11.4 Å². The molecule has 1 aromatic carbocycles. The number of hydrogen-bond donors (Lipinski definition) is 3. The third-order valence-corrected chi connectivity index (χ3v) is 3.95. The zero-order chi connectivity index (χ0) is 21.7. The summed E-state index contributed by atoms with van der Waals surface area (Å²) in [5.41, 5.74) is 1.19. The first-order chi connectivity index (χ1) is 14.3. The van der Waals surface area contributed by atoms with Crippen LogP contribution in [0, 0.1) is 0 Å². The molecule has 3 aromatic rings. The van der Waals surface area contributed by atoms with E-state index < -0.39 is 24.6 Å². The molecule has 2 heterocycles. The quantitative estimate of drug-likeness (QED) is 0.503. The molecule has 0 spiro atoms. The van der Waals surface area contributed by atoms with Gasteiger partial charge in [-0.25, -0.2) is 14.6 Å². The first-order valence-corrected chi connectivity index (χ1v) is 8.78. The predicted octanol–water partition coefficient (Wildman–Crippen LogP) is 2.00. The zero-order valence-electron chi connectivity index (χ0n) is 15.8. The third-order valence-electron chi connectivity index (χ3n) is 3.95. The molecular formula is C18H19F3N6O3. The summed E-state index contributed by atoms with van der Waals surface area (Å²) >= 11 is 0. The fourth-order valence-corrected chi connectivity index (χ4v) is 2.66. The van der Waals surface area contributed by atoms with Crippen LogP contribution in [0.5, 0.6) is 0 Å². The van der Waals surface area contributed by atoms with Gasteiger partial charge in [0.2, 0.25) is 5.95 Å².